The predicted octanol–water partition coefficient (Wildman–Crippen LogP) is 3.90. The number of furan rings is 1. The fraction of sp³-hybridized carbons (Fsp3) is 0.476. The third-order valence-corrected chi connectivity index (χ3v) is 6.26. The Bertz CT molecular complexity index is 1010. The average molecular weight is 372 g/mol. The molecular weight excluding hydrogens is 348 g/mol. The quantitative estimate of drug-likeness (QED) is 0.691. The zero-order valence-electron chi connectivity index (χ0n) is 16.0. The SMILES string of the molecule is COC1=C2C(C)(C)CCCC2(C)c2c(c(O)c3cc(CO)oc3c2O)C1=O. The number of methoxy groups -OCH3 is 1. The molecule has 6 nitrogen and oxygen atoms in total. The minimum Gasteiger partial charge on any atom is -0.506 e. The van der Waals surface area contributed by atoms with Crippen LogP contribution in [0.4, 0.5) is 0 Å². The maximum absolute atomic E-state index is 13.3. The largest absolute Gasteiger partial charge is 0.506 e. The Morgan fingerprint density at radius 3 is 2.52 bits per heavy atom. The fourth-order valence-corrected chi connectivity index (χ4v) is 5.23. The van der Waals surface area contributed by atoms with Crippen molar-refractivity contribution in [3.05, 3.63) is 34.3 Å². The molecule has 2 aliphatic rings. The van der Waals surface area contributed by atoms with Gasteiger partial charge in [-0.15, -0.1) is 0 Å². The Morgan fingerprint density at radius 2 is 1.89 bits per heavy atom. The molecule has 1 aromatic heterocycles. The van der Waals surface area contributed by atoms with E-state index in [9.17, 15) is 20.1 Å². The molecule has 1 saturated carbocycles. The number of ketones is 1. The van der Waals surface area contributed by atoms with Crippen LogP contribution in [0, 0.1) is 5.41 Å². The molecule has 0 amide bonds. The number of allylic oxidation sites excluding steroid dienone is 2. The van der Waals surface area contributed by atoms with Crippen LogP contribution in [0.25, 0.3) is 11.0 Å². The van der Waals surface area contributed by atoms with Crippen LogP contribution in [0.5, 0.6) is 11.5 Å². The molecule has 1 heterocycles. The van der Waals surface area contributed by atoms with Crippen LogP contribution in [-0.4, -0.2) is 28.2 Å². The zero-order valence-corrected chi connectivity index (χ0v) is 16.0. The van der Waals surface area contributed by atoms with Crippen LogP contribution < -0.4 is 0 Å². The van der Waals surface area contributed by atoms with E-state index in [1.807, 2.05) is 6.92 Å². The first-order valence-corrected chi connectivity index (χ1v) is 9.13. The summed E-state index contributed by atoms with van der Waals surface area (Å²) in [5.41, 5.74) is 0.434. The minimum absolute atomic E-state index is 0.0612. The van der Waals surface area contributed by atoms with Gasteiger partial charge in [0.2, 0.25) is 5.78 Å². The third kappa shape index (κ3) is 2.13. The number of carbonyl (C=O) groups is 1. The molecular formula is C21H24O6. The maximum atomic E-state index is 13.3. The minimum atomic E-state index is -0.668. The van der Waals surface area contributed by atoms with Crippen LogP contribution in [0.1, 0.15) is 61.7 Å². The van der Waals surface area contributed by atoms with Gasteiger partial charge in [-0.1, -0.05) is 27.2 Å². The average Bonchev–Trinajstić information content (AvgIpc) is 3.05. The van der Waals surface area contributed by atoms with Gasteiger partial charge in [0.05, 0.1) is 18.1 Å². The summed E-state index contributed by atoms with van der Waals surface area (Å²) in [6, 6.07) is 1.44. The number of aromatic hydroxyl groups is 2. The molecule has 2 aromatic rings. The maximum Gasteiger partial charge on any atom is 0.231 e. The van der Waals surface area contributed by atoms with Crippen molar-refractivity contribution in [1.29, 1.82) is 0 Å². The number of hydrogen-bond donors (Lipinski definition) is 3. The molecule has 4 rings (SSSR count). The number of Topliss-reactive ketones (excluding diaryl/α,β-unsaturated/α-hetero) is 1. The molecule has 1 atom stereocenters. The zero-order chi connectivity index (χ0) is 19.7. The molecule has 27 heavy (non-hydrogen) atoms. The smallest absolute Gasteiger partial charge is 0.231 e. The first kappa shape index (κ1) is 17.9. The van der Waals surface area contributed by atoms with E-state index in [4.69, 9.17) is 9.15 Å². The van der Waals surface area contributed by atoms with Crippen molar-refractivity contribution in [2.24, 2.45) is 5.41 Å². The Labute approximate surface area is 157 Å². The van der Waals surface area contributed by atoms with Gasteiger partial charge in [-0.2, -0.15) is 0 Å². The lowest BCUT2D eigenvalue weighted by Crippen LogP contribution is -2.43. The van der Waals surface area contributed by atoms with Crippen molar-refractivity contribution in [2.45, 2.75) is 52.1 Å². The molecule has 1 aromatic carbocycles. The summed E-state index contributed by atoms with van der Waals surface area (Å²) in [5, 5.41) is 31.6. The topological polar surface area (TPSA) is 100 Å². The molecule has 144 valence electrons. The van der Waals surface area contributed by atoms with Gasteiger partial charge in [-0.25, -0.2) is 0 Å². The van der Waals surface area contributed by atoms with Crippen molar-refractivity contribution >= 4 is 16.8 Å². The Kier molecular flexibility index (Phi) is 3.66. The Balaban J connectivity index is 2.16. The highest BCUT2D eigenvalue weighted by Crippen LogP contribution is 2.60. The molecule has 0 radical (unpaired) electrons. The van der Waals surface area contributed by atoms with Crippen molar-refractivity contribution in [3.63, 3.8) is 0 Å². The normalized spacial score (nSPS) is 24.1. The van der Waals surface area contributed by atoms with E-state index in [1.54, 1.807) is 0 Å². The summed E-state index contributed by atoms with van der Waals surface area (Å²) in [6.45, 7) is 5.75. The van der Waals surface area contributed by atoms with Crippen molar-refractivity contribution in [1.82, 2.24) is 0 Å². The molecule has 2 aliphatic carbocycles. The first-order chi connectivity index (χ1) is 12.7. The first-order valence-electron chi connectivity index (χ1n) is 9.13. The second-order valence-electron chi connectivity index (χ2n) is 8.37. The van der Waals surface area contributed by atoms with Crippen molar-refractivity contribution in [2.75, 3.05) is 7.11 Å². The lowest BCUT2D eigenvalue weighted by Gasteiger charge is -2.49. The summed E-state index contributed by atoms with van der Waals surface area (Å²) in [5.74, 6) is -0.381. The fourth-order valence-electron chi connectivity index (χ4n) is 5.23. The van der Waals surface area contributed by atoms with Gasteiger partial charge in [-0.3, -0.25) is 4.79 Å². The number of fused-ring (bicyclic) bond motifs is 4. The van der Waals surface area contributed by atoms with Gasteiger partial charge in [0.1, 0.15) is 18.1 Å². The molecule has 0 bridgehead atoms. The highest BCUT2D eigenvalue weighted by Gasteiger charge is 2.53. The molecule has 3 N–H and O–H groups in total. The van der Waals surface area contributed by atoms with Gasteiger partial charge >= 0.3 is 0 Å². The van der Waals surface area contributed by atoms with Crippen LogP contribution >= 0.6 is 0 Å². The Hall–Kier alpha value is -2.47. The molecule has 0 saturated heterocycles. The molecule has 0 aliphatic heterocycles. The van der Waals surface area contributed by atoms with E-state index >= 15 is 0 Å². The number of carbonyl (C=O) groups excluding carboxylic acids is 1. The summed E-state index contributed by atoms with van der Waals surface area (Å²) < 4.78 is 11.1. The molecule has 1 unspecified atom stereocenters. The summed E-state index contributed by atoms with van der Waals surface area (Å²) in [4.78, 5) is 13.3. The van der Waals surface area contributed by atoms with Gasteiger partial charge in [0, 0.05) is 11.0 Å². The van der Waals surface area contributed by atoms with Gasteiger partial charge in [0.15, 0.2) is 17.1 Å². The lowest BCUT2D eigenvalue weighted by atomic mass is 9.54. The number of hydrogen-bond acceptors (Lipinski definition) is 6. The van der Waals surface area contributed by atoms with E-state index in [0.717, 1.165) is 18.4 Å². The van der Waals surface area contributed by atoms with Crippen LogP contribution in [0.2, 0.25) is 0 Å². The molecule has 0 spiro atoms. The number of ether oxygens (including phenoxy) is 1. The van der Waals surface area contributed by atoms with E-state index in [0.29, 0.717) is 12.0 Å². The third-order valence-electron chi connectivity index (χ3n) is 6.26. The summed E-state index contributed by atoms with van der Waals surface area (Å²) in [7, 11) is 1.47. The number of benzene rings is 1. The van der Waals surface area contributed by atoms with E-state index in [1.165, 1.54) is 13.2 Å². The second kappa shape index (κ2) is 5.52. The lowest BCUT2D eigenvalue weighted by molar-refractivity contribution is 0.0903. The Morgan fingerprint density at radius 1 is 1.19 bits per heavy atom. The number of phenolic OH excluding ortho intramolecular Hbond substituents is 2. The predicted molar refractivity (Wildman–Crippen MR) is 98.8 cm³/mol. The van der Waals surface area contributed by atoms with Gasteiger partial charge in [0.25, 0.3) is 0 Å². The molecule has 6 heteroatoms. The van der Waals surface area contributed by atoms with Crippen LogP contribution in [0.15, 0.2) is 21.8 Å². The monoisotopic (exact) mass is 372 g/mol. The number of rotatable bonds is 2. The van der Waals surface area contributed by atoms with Crippen molar-refractivity contribution < 1.29 is 29.3 Å². The van der Waals surface area contributed by atoms with Crippen LogP contribution in [0.3, 0.4) is 0 Å². The number of aliphatic hydroxyl groups is 1. The van der Waals surface area contributed by atoms with E-state index in [2.05, 4.69) is 13.8 Å². The van der Waals surface area contributed by atoms with Crippen LogP contribution in [-0.2, 0) is 16.8 Å². The van der Waals surface area contributed by atoms with E-state index < -0.39 is 11.2 Å². The summed E-state index contributed by atoms with van der Waals surface area (Å²) in [6.07, 6.45) is 2.53. The van der Waals surface area contributed by atoms with Gasteiger partial charge < -0.3 is 24.5 Å². The number of aliphatic hydroxyl groups excluding tert-OH is 1. The second-order valence-corrected chi connectivity index (χ2v) is 8.37. The van der Waals surface area contributed by atoms with Gasteiger partial charge in [-0.05, 0) is 29.9 Å². The van der Waals surface area contributed by atoms with E-state index in [-0.39, 0.29) is 51.6 Å². The standard InChI is InChI=1S/C21H24O6/c1-20(2)6-5-7-21(3)13-12(15(24)18(26-4)19(20)21)14(23)11-8-10(9-22)27-17(11)16(13)25/h8,22-23,25H,5-7,9H2,1-4H3. The highest BCUT2D eigenvalue weighted by molar-refractivity contribution is 6.16. The number of phenols is 2. The van der Waals surface area contributed by atoms with Crippen molar-refractivity contribution in [3.8, 4) is 11.5 Å². The highest BCUT2D eigenvalue weighted by atomic mass is 16.5. The molecule has 1 fully saturated rings. The summed E-state index contributed by atoms with van der Waals surface area (Å²) >= 11 is 0.